The summed E-state index contributed by atoms with van der Waals surface area (Å²) in [5.74, 6) is -0.681. The summed E-state index contributed by atoms with van der Waals surface area (Å²) in [5, 5.41) is 18.3. The molecule has 0 atom stereocenters. The maximum atomic E-state index is 10.5. The van der Waals surface area contributed by atoms with Crippen molar-refractivity contribution in [2.24, 2.45) is 0 Å². The van der Waals surface area contributed by atoms with Gasteiger partial charge in [0.15, 0.2) is 11.5 Å². The first-order chi connectivity index (χ1) is 9.65. The number of aromatic hydroxyl groups is 1. The Balaban J connectivity index is 2.10. The van der Waals surface area contributed by atoms with Crippen LogP contribution in [0.4, 0.5) is 0 Å². The second kappa shape index (κ2) is 6.43. The predicted molar refractivity (Wildman–Crippen MR) is 75.6 cm³/mol. The number of carbonyl (C=O) groups is 1. The molecular formula is C16H14O4. The van der Waals surface area contributed by atoms with Crippen molar-refractivity contribution in [1.82, 2.24) is 0 Å². The van der Waals surface area contributed by atoms with Gasteiger partial charge < -0.3 is 14.9 Å². The third kappa shape index (κ3) is 3.88. The fourth-order valence-corrected chi connectivity index (χ4v) is 1.65. The summed E-state index contributed by atoms with van der Waals surface area (Å²) < 4.78 is 5.54. The summed E-state index contributed by atoms with van der Waals surface area (Å²) >= 11 is 0. The van der Waals surface area contributed by atoms with Crippen LogP contribution in [0.2, 0.25) is 0 Å². The summed E-state index contributed by atoms with van der Waals surface area (Å²) in [6, 6.07) is 14.3. The largest absolute Gasteiger partial charge is 0.504 e. The lowest BCUT2D eigenvalue weighted by Gasteiger charge is -2.09. The lowest BCUT2D eigenvalue weighted by Crippen LogP contribution is -1.95. The lowest BCUT2D eigenvalue weighted by atomic mass is 10.2. The van der Waals surface area contributed by atoms with E-state index in [1.165, 1.54) is 12.1 Å². The molecule has 0 aliphatic rings. The first-order valence-corrected chi connectivity index (χ1v) is 6.06. The van der Waals surface area contributed by atoms with Gasteiger partial charge in [-0.1, -0.05) is 36.4 Å². The number of benzene rings is 2. The fraction of sp³-hybridized carbons (Fsp3) is 0.0625. The number of carboxylic acid groups (broad SMARTS) is 1. The van der Waals surface area contributed by atoms with E-state index < -0.39 is 5.97 Å². The van der Waals surface area contributed by atoms with Gasteiger partial charge in [-0.25, -0.2) is 4.79 Å². The van der Waals surface area contributed by atoms with Crippen LogP contribution in [0.5, 0.6) is 11.5 Å². The molecule has 0 heterocycles. The van der Waals surface area contributed by atoms with Crippen molar-refractivity contribution in [3.63, 3.8) is 0 Å². The number of aliphatic carboxylic acids is 1. The normalized spacial score (nSPS) is 10.6. The molecule has 0 radical (unpaired) electrons. The first-order valence-electron chi connectivity index (χ1n) is 6.06. The average Bonchev–Trinajstić information content (AvgIpc) is 2.46. The van der Waals surface area contributed by atoms with E-state index in [0.717, 1.165) is 11.6 Å². The van der Waals surface area contributed by atoms with Crippen LogP contribution in [0.3, 0.4) is 0 Å². The average molecular weight is 270 g/mol. The summed E-state index contributed by atoms with van der Waals surface area (Å²) in [4.78, 5) is 10.5. The molecule has 4 nitrogen and oxygen atoms in total. The fourth-order valence-electron chi connectivity index (χ4n) is 1.65. The van der Waals surface area contributed by atoms with E-state index in [2.05, 4.69) is 0 Å². The van der Waals surface area contributed by atoms with E-state index in [-0.39, 0.29) is 5.75 Å². The van der Waals surface area contributed by atoms with Crippen molar-refractivity contribution in [2.75, 3.05) is 0 Å². The van der Waals surface area contributed by atoms with Crippen molar-refractivity contribution >= 4 is 12.0 Å². The van der Waals surface area contributed by atoms with E-state index >= 15 is 0 Å². The third-order valence-corrected chi connectivity index (χ3v) is 2.64. The van der Waals surface area contributed by atoms with Gasteiger partial charge >= 0.3 is 5.97 Å². The predicted octanol–water partition coefficient (Wildman–Crippen LogP) is 3.07. The van der Waals surface area contributed by atoms with Crippen LogP contribution >= 0.6 is 0 Å². The zero-order valence-corrected chi connectivity index (χ0v) is 10.7. The second-order valence-electron chi connectivity index (χ2n) is 4.17. The van der Waals surface area contributed by atoms with Crippen LogP contribution in [0.15, 0.2) is 54.6 Å². The highest BCUT2D eigenvalue weighted by molar-refractivity contribution is 5.85. The molecule has 0 aromatic heterocycles. The maximum absolute atomic E-state index is 10.5. The topological polar surface area (TPSA) is 66.8 Å². The summed E-state index contributed by atoms with van der Waals surface area (Å²) in [6.07, 6.45) is 2.48. The molecule has 102 valence electrons. The van der Waals surface area contributed by atoms with Gasteiger partial charge in [-0.2, -0.15) is 0 Å². The van der Waals surface area contributed by atoms with Crippen LogP contribution in [0, 0.1) is 0 Å². The standard InChI is InChI=1S/C16H14O4/c17-14-8-6-12(7-9-16(18)19)10-15(14)20-11-13-4-2-1-3-5-13/h1-10,17H,11H2,(H,18,19). The van der Waals surface area contributed by atoms with Crippen LogP contribution in [-0.4, -0.2) is 16.2 Å². The summed E-state index contributed by atoms with van der Waals surface area (Å²) in [6.45, 7) is 0.334. The highest BCUT2D eigenvalue weighted by Gasteiger charge is 2.03. The smallest absolute Gasteiger partial charge is 0.328 e. The highest BCUT2D eigenvalue weighted by Crippen LogP contribution is 2.28. The molecule has 2 aromatic carbocycles. The molecule has 0 saturated carbocycles. The zero-order chi connectivity index (χ0) is 14.4. The van der Waals surface area contributed by atoms with Gasteiger partial charge in [0.1, 0.15) is 6.61 Å². The van der Waals surface area contributed by atoms with Crippen LogP contribution in [0.1, 0.15) is 11.1 Å². The van der Waals surface area contributed by atoms with Gasteiger partial charge in [-0.05, 0) is 29.3 Å². The Hall–Kier alpha value is -2.75. The van der Waals surface area contributed by atoms with Gasteiger partial charge in [0.25, 0.3) is 0 Å². The van der Waals surface area contributed by atoms with E-state index in [1.807, 2.05) is 30.3 Å². The van der Waals surface area contributed by atoms with Gasteiger partial charge in [0.05, 0.1) is 0 Å². The Morgan fingerprint density at radius 1 is 1.15 bits per heavy atom. The quantitative estimate of drug-likeness (QED) is 0.819. The minimum absolute atomic E-state index is 0.0217. The number of hydrogen-bond donors (Lipinski definition) is 2. The Morgan fingerprint density at radius 3 is 2.60 bits per heavy atom. The van der Waals surface area contributed by atoms with Crippen molar-refractivity contribution in [2.45, 2.75) is 6.61 Å². The monoisotopic (exact) mass is 270 g/mol. The molecule has 0 amide bonds. The number of rotatable bonds is 5. The van der Waals surface area contributed by atoms with Crippen molar-refractivity contribution in [3.8, 4) is 11.5 Å². The highest BCUT2D eigenvalue weighted by atomic mass is 16.5. The lowest BCUT2D eigenvalue weighted by molar-refractivity contribution is -0.131. The third-order valence-electron chi connectivity index (χ3n) is 2.64. The van der Waals surface area contributed by atoms with Gasteiger partial charge in [0.2, 0.25) is 0 Å². The molecule has 2 aromatic rings. The molecule has 0 fully saturated rings. The molecule has 0 unspecified atom stereocenters. The molecule has 0 aliphatic carbocycles. The van der Waals surface area contributed by atoms with Gasteiger partial charge in [-0.3, -0.25) is 0 Å². The van der Waals surface area contributed by atoms with E-state index in [0.29, 0.717) is 17.9 Å². The number of ether oxygens (including phenoxy) is 1. The SMILES string of the molecule is O=C(O)C=Cc1ccc(O)c(OCc2ccccc2)c1. The molecule has 0 bridgehead atoms. The zero-order valence-electron chi connectivity index (χ0n) is 10.7. The minimum Gasteiger partial charge on any atom is -0.504 e. The maximum Gasteiger partial charge on any atom is 0.328 e. The molecule has 2 rings (SSSR count). The molecule has 4 heteroatoms. The first kappa shape index (κ1) is 13.7. The number of phenols is 1. The van der Waals surface area contributed by atoms with E-state index in [4.69, 9.17) is 9.84 Å². The number of hydrogen-bond acceptors (Lipinski definition) is 3. The van der Waals surface area contributed by atoms with Crippen molar-refractivity contribution in [1.29, 1.82) is 0 Å². The molecular weight excluding hydrogens is 256 g/mol. The number of carboxylic acids is 1. The van der Waals surface area contributed by atoms with Crippen LogP contribution in [0.25, 0.3) is 6.08 Å². The summed E-state index contributed by atoms with van der Waals surface area (Å²) in [5.41, 5.74) is 1.63. The Morgan fingerprint density at radius 2 is 1.90 bits per heavy atom. The molecule has 0 spiro atoms. The number of phenolic OH excluding ortho intramolecular Hbond substituents is 1. The minimum atomic E-state index is -1.02. The van der Waals surface area contributed by atoms with Crippen molar-refractivity contribution in [3.05, 3.63) is 65.7 Å². The van der Waals surface area contributed by atoms with Gasteiger partial charge in [0, 0.05) is 6.08 Å². The van der Waals surface area contributed by atoms with Crippen LogP contribution < -0.4 is 4.74 Å². The van der Waals surface area contributed by atoms with E-state index in [1.54, 1.807) is 12.1 Å². The summed E-state index contributed by atoms with van der Waals surface area (Å²) in [7, 11) is 0. The molecule has 20 heavy (non-hydrogen) atoms. The molecule has 0 saturated heterocycles. The van der Waals surface area contributed by atoms with Gasteiger partial charge in [-0.15, -0.1) is 0 Å². The molecule has 0 aliphatic heterocycles. The Labute approximate surface area is 116 Å². The second-order valence-corrected chi connectivity index (χ2v) is 4.17. The Kier molecular flexibility index (Phi) is 4.39. The van der Waals surface area contributed by atoms with Crippen molar-refractivity contribution < 1.29 is 19.7 Å². The van der Waals surface area contributed by atoms with Crippen LogP contribution in [-0.2, 0) is 11.4 Å². The Bertz CT molecular complexity index is 618. The molecule has 2 N–H and O–H groups in total. The van der Waals surface area contributed by atoms with E-state index in [9.17, 15) is 9.90 Å².